The van der Waals surface area contributed by atoms with Crippen LogP contribution in [0.25, 0.3) is 38.7 Å². The average Bonchev–Trinajstić information content (AvgIpc) is 3.18. The third-order valence-corrected chi connectivity index (χ3v) is 4.95. The van der Waals surface area contributed by atoms with Gasteiger partial charge in [0.2, 0.25) is 0 Å². The summed E-state index contributed by atoms with van der Waals surface area (Å²) in [5.41, 5.74) is 8.01. The molecule has 6 rings (SSSR count). The first-order chi connectivity index (χ1) is 11.9. The highest BCUT2D eigenvalue weighted by atomic mass is 15.0. The minimum Gasteiger partial charge on any atom is -0.295 e. The Hall–Kier alpha value is -3.27. The molecule has 0 saturated carbocycles. The molecule has 24 heavy (non-hydrogen) atoms. The summed E-state index contributed by atoms with van der Waals surface area (Å²) in [5.74, 6) is 0. The van der Waals surface area contributed by atoms with Gasteiger partial charge in [0.05, 0.1) is 22.4 Å². The number of pyridine rings is 3. The topological polar surface area (TPSA) is 43.1 Å². The Kier molecular flexibility index (Phi) is 2.12. The Balaban J connectivity index is 1.90. The van der Waals surface area contributed by atoms with Crippen molar-refractivity contribution in [2.24, 2.45) is 0 Å². The molecule has 1 aliphatic rings. The molecule has 0 saturated heterocycles. The molecule has 4 aromatic heterocycles. The molecule has 0 fully saturated rings. The van der Waals surface area contributed by atoms with Crippen molar-refractivity contribution in [1.82, 2.24) is 19.4 Å². The first-order valence-corrected chi connectivity index (χ1v) is 8.02. The molecule has 0 amide bonds. The molecule has 1 aromatic carbocycles. The van der Waals surface area contributed by atoms with Crippen LogP contribution in [-0.4, -0.2) is 19.4 Å². The third-order valence-electron chi connectivity index (χ3n) is 4.95. The summed E-state index contributed by atoms with van der Waals surface area (Å²) in [6.45, 7) is 0. The van der Waals surface area contributed by atoms with Crippen molar-refractivity contribution in [2.45, 2.75) is 6.42 Å². The molecule has 0 aliphatic heterocycles. The SMILES string of the molecule is c1ccc2c(c1)Cc1c-2nc2c3cccnc3c3cnccc3n12. The van der Waals surface area contributed by atoms with Crippen molar-refractivity contribution in [3.05, 3.63) is 72.3 Å². The van der Waals surface area contributed by atoms with Gasteiger partial charge in [0.1, 0.15) is 5.65 Å². The number of nitrogens with zero attached hydrogens (tertiary/aromatic N) is 4. The molecule has 4 nitrogen and oxygen atoms in total. The number of fused-ring (bicyclic) bond motifs is 10. The third kappa shape index (κ3) is 1.36. The number of imidazole rings is 1. The number of benzene rings is 1. The summed E-state index contributed by atoms with van der Waals surface area (Å²) in [6.07, 6.45) is 6.48. The van der Waals surface area contributed by atoms with Crippen LogP contribution < -0.4 is 0 Å². The van der Waals surface area contributed by atoms with Crippen LogP contribution in [0.5, 0.6) is 0 Å². The van der Waals surface area contributed by atoms with Crippen LogP contribution >= 0.6 is 0 Å². The zero-order chi connectivity index (χ0) is 15.7. The lowest BCUT2D eigenvalue weighted by Gasteiger charge is -2.08. The molecule has 0 unspecified atom stereocenters. The molecule has 112 valence electrons. The smallest absolute Gasteiger partial charge is 0.147 e. The van der Waals surface area contributed by atoms with Gasteiger partial charge in [-0.15, -0.1) is 0 Å². The van der Waals surface area contributed by atoms with E-state index in [1.165, 1.54) is 16.8 Å². The van der Waals surface area contributed by atoms with Crippen molar-refractivity contribution < 1.29 is 0 Å². The zero-order valence-electron chi connectivity index (χ0n) is 12.8. The van der Waals surface area contributed by atoms with Crippen LogP contribution in [0.3, 0.4) is 0 Å². The van der Waals surface area contributed by atoms with E-state index < -0.39 is 0 Å². The van der Waals surface area contributed by atoms with Gasteiger partial charge in [0.15, 0.2) is 0 Å². The highest BCUT2D eigenvalue weighted by Crippen LogP contribution is 2.39. The van der Waals surface area contributed by atoms with Crippen LogP contribution in [0.1, 0.15) is 11.3 Å². The standard InChI is InChI=1S/C20H12N4/c1-2-5-13-12(4-1)10-17-19(13)23-20-14-6-3-8-22-18(14)15-11-21-9-7-16(15)24(17)20/h1-9,11H,10H2. The maximum atomic E-state index is 5.02. The second kappa shape index (κ2) is 4.17. The Bertz CT molecular complexity index is 1280. The van der Waals surface area contributed by atoms with Crippen molar-refractivity contribution in [3.63, 3.8) is 0 Å². The molecule has 1 aliphatic carbocycles. The quantitative estimate of drug-likeness (QED) is 0.398. The minimum absolute atomic E-state index is 0.913. The van der Waals surface area contributed by atoms with Gasteiger partial charge < -0.3 is 0 Å². The maximum Gasteiger partial charge on any atom is 0.147 e. The van der Waals surface area contributed by atoms with E-state index in [4.69, 9.17) is 4.98 Å². The Morgan fingerprint density at radius 1 is 0.917 bits per heavy atom. The van der Waals surface area contributed by atoms with E-state index in [9.17, 15) is 0 Å². The van der Waals surface area contributed by atoms with Gasteiger partial charge in [-0.1, -0.05) is 24.3 Å². The summed E-state index contributed by atoms with van der Waals surface area (Å²) in [6, 6.07) is 14.7. The first kappa shape index (κ1) is 12.2. The number of hydrogen-bond acceptors (Lipinski definition) is 3. The number of aromatic nitrogens is 4. The van der Waals surface area contributed by atoms with Gasteiger partial charge in [0.25, 0.3) is 0 Å². The molecule has 0 atom stereocenters. The fourth-order valence-corrected chi connectivity index (χ4v) is 3.92. The van der Waals surface area contributed by atoms with Gasteiger partial charge in [-0.25, -0.2) is 4.98 Å². The van der Waals surface area contributed by atoms with E-state index in [2.05, 4.69) is 50.8 Å². The Labute approximate surface area is 137 Å². The van der Waals surface area contributed by atoms with Crippen molar-refractivity contribution in [3.8, 4) is 11.3 Å². The molecule has 4 heterocycles. The normalized spacial score (nSPS) is 12.8. The van der Waals surface area contributed by atoms with E-state index in [-0.39, 0.29) is 0 Å². The summed E-state index contributed by atoms with van der Waals surface area (Å²) in [7, 11) is 0. The molecule has 0 radical (unpaired) electrons. The zero-order valence-corrected chi connectivity index (χ0v) is 12.8. The highest BCUT2D eigenvalue weighted by molar-refractivity contribution is 6.10. The predicted molar refractivity (Wildman–Crippen MR) is 94.0 cm³/mol. The minimum atomic E-state index is 0.913. The fourth-order valence-electron chi connectivity index (χ4n) is 3.92. The molecule has 0 spiro atoms. The van der Waals surface area contributed by atoms with Crippen LogP contribution in [0.4, 0.5) is 0 Å². The van der Waals surface area contributed by atoms with Crippen LogP contribution in [-0.2, 0) is 6.42 Å². The molecular formula is C20H12N4. The second-order valence-corrected chi connectivity index (χ2v) is 6.19. The molecule has 0 N–H and O–H groups in total. The van der Waals surface area contributed by atoms with Crippen LogP contribution in [0, 0.1) is 0 Å². The van der Waals surface area contributed by atoms with Gasteiger partial charge in [0, 0.05) is 41.3 Å². The highest BCUT2D eigenvalue weighted by Gasteiger charge is 2.26. The molecular weight excluding hydrogens is 296 g/mol. The summed E-state index contributed by atoms with van der Waals surface area (Å²) in [4.78, 5) is 13.9. The van der Waals surface area contributed by atoms with Gasteiger partial charge in [-0.3, -0.25) is 14.4 Å². The predicted octanol–water partition coefficient (Wildman–Crippen LogP) is 4.00. The Morgan fingerprint density at radius 3 is 2.88 bits per heavy atom. The average molecular weight is 308 g/mol. The van der Waals surface area contributed by atoms with E-state index in [1.807, 2.05) is 24.7 Å². The van der Waals surface area contributed by atoms with Gasteiger partial charge in [-0.05, 0) is 23.8 Å². The number of hydrogen-bond donors (Lipinski definition) is 0. The van der Waals surface area contributed by atoms with Gasteiger partial charge in [-0.2, -0.15) is 0 Å². The monoisotopic (exact) mass is 308 g/mol. The van der Waals surface area contributed by atoms with Crippen molar-refractivity contribution in [2.75, 3.05) is 0 Å². The second-order valence-electron chi connectivity index (χ2n) is 6.19. The van der Waals surface area contributed by atoms with E-state index in [0.29, 0.717) is 0 Å². The Morgan fingerprint density at radius 2 is 1.88 bits per heavy atom. The maximum absolute atomic E-state index is 5.02. The van der Waals surface area contributed by atoms with Crippen molar-refractivity contribution >= 4 is 27.5 Å². The summed E-state index contributed by atoms with van der Waals surface area (Å²) in [5, 5.41) is 2.14. The van der Waals surface area contributed by atoms with E-state index >= 15 is 0 Å². The summed E-state index contributed by atoms with van der Waals surface area (Å²) >= 11 is 0. The van der Waals surface area contributed by atoms with E-state index in [1.54, 1.807) is 0 Å². The van der Waals surface area contributed by atoms with Gasteiger partial charge >= 0.3 is 0 Å². The lowest BCUT2D eigenvalue weighted by Crippen LogP contribution is -1.97. The van der Waals surface area contributed by atoms with Crippen LogP contribution in [0.2, 0.25) is 0 Å². The van der Waals surface area contributed by atoms with Crippen molar-refractivity contribution in [1.29, 1.82) is 0 Å². The molecule has 5 aromatic rings. The molecule has 0 bridgehead atoms. The first-order valence-electron chi connectivity index (χ1n) is 8.02. The lowest BCUT2D eigenvalue weighted by molar-refractivity contribution is 1.09. The summed E-state index contributed by atoms with van der Waals surface area (Å²) < 4.78 is 2.29. The fraction of sp³-hybridized carbons (Fsp3) is 0.0500. The lowest BCUT2D eigenvalue weighted by atomic mass is 10.1. The van der Waals surface area contributed by atoms with Crippen LogP contribution in [0.15, 0.2) is 61.1 Å². The number of rotatable bonds is 0. The largest absolute Gasteiger partial charge is 0.295 e. The molecule has 4 heteroatoms. The van der Waals surface area contributed by atoms with E-state index in [0.717, 1.165) is 39.6 Å².